The van der Waals surface area contributed by atoms with Crippen molar-refractivity contribution in [3.8, 4) is 28.4 Å². The summed E-state index contributed by atoms with van der Waals surface area (Å²) in [6, 6.07) is 29.3. The van der Waals surface area contributed by atoms with Crippen LogP contribution in [0.15, 0.2) is 102 Å². The molecule has 1 amide bonds. The van der Waals surface area contributed by atoms with Crippen LogP contribution in [0.5, 0.6) is 5.75 Å². The summed E-state index contributed by atoms with van der Waals surface area (Å²) in [5.41, 5.74) is 5.24. The fourth-order valence-corrected chi connectivity index (χ4v) is 6.46. The first kappa shape index (κ1) is 28.1. The van der Waals surface area contributed by atoms with Crippen LogP contribution in [0.4, 0.5) is 11.6 Å². The third-order valence-corrected chi connectivity index (χ3v) is 8.55. The van der Waals surface area contributed by atoms with Crippen LogP contribution in [0.2, 0.25) is 0 Å². The molecular weight excluding hydrogens is 572 g/mol. The van der Waals surface area contributed by atoms with Crippen LogP contribution in [0, 0.1) is 0 Å². The van der Waals surface area contributed by atoms with Crippen molar-refractivity contribution in [3.05, 3.63) is 103 Å². The summed E-state index contributed by atoms with van der Waals surface area (Å²) in [5.74, 6) is 2.39. The molecule has 5 aromatic rings. The van der Waals surface area contributed by atoms with Crippen molar-refractivity contribution >= 4 is 29.3 Å². The Morgan fingerprint density at radius 3 is 2.68 bits per heavy atom. The van der Waals surface area contributed by atoms with E-state index in [0.29, 0.717) is 38.7 Å². The Kier molecular flexibility index (Phi) is 8.25. The molecule has 2 aliphatic heterocycles. The van der Waals surface area contributed by atoms with E-state index in [2.05, 4.69) is 19.8 Å². The molecule has 1 atom stereocenters. The van der Waals surface area contributed by atoms with Gasteiger partial charge >= 0.3 is 0 Å². The number of imidazole rings is 1. The topological polar surface area (TPSA) is 94.4 Å². The average molecular weight is 605 g/mol. The van der Waals surface area contributed by atoms with Crippen LogP contribution in [-0.2, 0) is 22.5 Å². The van der Waals surface area contributed by atoms with Gasteiger partial charge in [-0.2, -0.15) is 0 Å². The van der Waals surface area contributed by atoms with Gasteiger partial charge in [0.25, 0.3) is 0 Å². The van der Waals surface area contributed by atoms with Gasteiger partial charge in [-0.25, -0.2) is 15.0 Å². The Labute approximate surface area is 260 Å². The third-order valence-electron chi connectivity index (χ3n) is 7.59. The number of carbonyl (C=O) groups is 1. The van der Waals surface area contributed by atoms with Gasteiger partial charge in [0.05, 0.1) is 36.7 Å². The maximum Gasteiger partial charge on any atom is 0.228 e. The van der Waals surface area contributed by atoms with Crippen molar-refractivity contribution in [2.24, 2.45) is 0 Å². The molecule has 0 spiro atoms. The Morgan fingerprint density at radius 2 is 1.82 bits per heavy atom. The SMILES string of the molecule is O=C(Cc1ccccc1)Nc1cccc(-c2nc3n(c2-c2ccnc(N4CCO[C@H](COc5ccccc5)C4)n2)CCS3)c1. The highest BCUT2D eigenvalue weighted by atomic mass is 32.2. The van der Waals surface area contributed by atoms with Crippen molar-refractivity contribution in [2.45, 2.75) is 24.2 Å². The molecule has 222 valence electrons. The van der Waals surface area contributed by atoms with Gasteiger partial charge in [0.2, 0.25) is 11.9 Å². The van der Waals surface area contributed by atoms with Crippen LogP contribution in [0.25, 0.3) is 22.6 Å². The highest BCUT2D eigenvalue weighted by Crippen LogP contribution is 2.39. The van der Waals surface area contributed by atoms with E-state index in [1.54, 1.807) is 11.8 Å². The van der Waals surface area contributed by atoms with Gasteiger partial charge in [0, 0.05) is 36.3 Å². The quantitative estimate of drug-likeness (QED) is 0.233. The standard InChI is InChI=1S/C34H32N6O3S/c41-30(20-24-8-3-1-4-9-24)36-26-11-7-10-25(21-26)31-32(40-17-19-44-34(40)38-31)29-14-15-35-33(37-29)39-16-18-42-28(22-39)23-43-27-12-5-2-6-13-27/h1-15,21,28H,16-20,22-23H2,(H,36,41)/t28-/m0/s1. The van der Waals surface area contributed by atoms with Gasteiger partial charge in [-0.05, 0) is 35.9 Å². The predicted octanol–water partition coefficient (Wildman–Crippen LogP) is 5.58. The predicted molar refractivity (Wildman–Crippen MR) is 172 cm³/mol. The number of hydrogen-bond donors (Lipinski definition) is 1. The smallest absolute Gasteiger partial charge is 0.228 e. The minimum absolute atomic E-state index is 0.0603. The van der Waals surface area contributed by atoms with Crippen molar-refractivity contribution in [2.75, 3.05) is 42.3 Å². The summed E-state index contributed by atoms with van der Waals surface area (Å²) >= 11 is 1.74. The molecule has 7 rings (SSSR count). The third kappa shape index (κ3) is 6.31. The largest absolute Gasteiger partial charge is 0.491 e. The van der Waals surface area contributed by atoms with E-state index in [-0.39, 0.29) is 12.0 Å². The number of fused-ring (bicyclic) bond motifs is 1. The van der Waals surface area contributed by atoms with Crippen molar-refractivity contribution in [1.82, 2.24) is 19.5 Å². The molecule has 1 fully saturated rings. The maximum atomic E-state index is 12.8. The van der Waals surface area contributed by atoms with E-state index in [0.717, 1.165) is 57.1 Å². The van der Waals surface area contributed by atoms with E-state index in [1.807, 2.05) is 97.2 Å². The van der Waals surface area contributed by atoms with Crippen LogP contribution >= 0.6 is 11.8 Å². The van der Waals surface area contributed by atoms with Gasteiger partial charge in [0.1, 0.15) is 18.5 Å². The van der Waals surface area contributed by atoms with Gasteiger partial charge < -0.3 is 24.3 Å². The fourth-order valence-electron chi connectivity index (χ4n) is 5.51. The molecule has 1 saturated heterocycles. The number of morpholine rings is 1. The lowest BCUT2D eigenvalue weighted by Crippen LogP contribution is -2.45. The summed E-state index contributed by atoms with van der Waals surface area (Å²) in [6.07, 6.45) is 2.03. The zero-order valence-electron chi connectivity index (χ0n) is 24.1. The summed E-state index contributed by atoms with van der Waals surface area (Å²) in [5, 5.41) is 4.02. The number of rotatable bonds is 9. The van der Waals surface area contributed by atoms with Crippen LogP contribution in [0.1, 0.15) is 5.56 Å². The van der Waals surface area contributed by atoms with Crippen LogP contribution < -0.4 is 15.0 Å². The fraction of sp³-hybridized carbons (Fsp3) is 0.235. The van der Waals surface area contributed by atoms with Gasteiger partial charge in [0.15, 0.2) is 5.16 Å². The molecule has 0 unspecified atom stereocenters. The first-order valence-electron chi connectivity index (χ1n) is 14.7. The molecule has 0 bridgehead atoms. The second-order valence-electron chi connectivity index (χ2n) is 10.7. The molecule has 1 N–H and O–H groups in total. The number of carbonyl (C=O) groups excluding carboxylic acids is 1. The van der Waals surface area contributed by atoms with Crippen molar-refractivity contribution in [3.63, 3.8) is 0 Å². The first-order valence-corrected chi connectivity index (χ1v) is 15.7. The number of nitrogens with zero attached hydrogens (tertiary/aromatic N) is 5. The van der Waals surface area contributed by atoms with Crippen LogP contribution in [0.3, 0.4) is 0 Å². The number of benzene rings is 3. The molecule has 0 radical (unpaired) electrons. The number of aromatic nitrogens is 4. The zero-order chi connectivity index (χ0) is 29.7. The Hall–Kier alpha value is -4.67. The molecule has 2 aliphatic rings. The molecule has 9 nitrogen and oxygen atoms in total. The van der Waals surface area contributed by atoms with E-state index >= 15 is 0 Å². The zero-order valence-corrected chi connectivity index (χ0v) is 25.0. The highest BCUT2D eigenvalue weighted by Gasteiger charge is 2.27. The highest BCUT2D eigenvalue weighted by molar-refractivity contribution is 7.99. The second-order valence-corrected chi connectivity index (χ2v) is 11.7. The van der Waals surface area contributed by atoms with Gasteiger partial charge in [-0.1, -0.05) is 72.4 Å². The summed E-state index contributed by atoms with van der Waals surface area (Å²) in [7, 11) is 0. The number of nitrogens with one attached hydrogen (secondary N) is 1. The molecule has 2 aromatic heterocycles. The summed E-state index contributed by atoms with van der Waals surface area (Å²) in [4.78, 5) is 29.7. The molecule has 3 aromatic carbocycles. The number of ether oxygens (including phenoxy) is 2. The lowest BCUT2D eigenvalue weighted by Gasteiger charge is -2.32. The van der Waals surface area contributed by atoms with E-state index < -0.39 is 0 Å². The molecule has 0 saturated carbocycles. The second kappa shape index (κ2) is 12.9. The van der Waals surface area contributed by atoms with E-state index in [4.69, 9.17) is 19.4 Å². The molecule has 10 heteroatoms. The van der Waals surface area contributed by atoms with Crippen molar-refractivity contribution < 1.29 is 14.3 Å². The van der Waals surface area contributed by atoms with Gasteiger partial charge in [-0.3, -0.25) is 4.79 Å². The summed E-state index contributed by atoms with van der Waals surface area (Å²) < 4.78 is 14.2. The minimum Gasteiger partial charge on any atom is -0.491 e. The van der Waals surface area contributed by atoms with E-state index in [9.17, 15) is 4.79 Å². The lowest BCUT2D eigenvalue weighted by molar-refractivity contribution is -0.115. The van der Waals surface area contributed by atoms with Crippen LogP contribution in [-0.4, -0.2) is 63.6 Å². The Morgan fingerprint density at radius 1 is 0.977 bits per heavy atom. The molecular formula is C34H32N6O3S. The monoisotopic (exact) mass is 604 g/mol. The maximum absolute atomic E-state index is 12.8. The molecule has 4 heterocycles. The lowest BCUT2D eigenvalue weighted by atomic mass is 10.1. The number of para-hydroxylation sites is 1. The van der Waals surface area contributed by atoms with Gasteiger partial charge in [-0.15, -0.1) is 0 Å². The number of amides is 1. The number of anilines is 2. The first-order chi connectivity index (χ1) is 21.7. The van der Waals surface area contributed by atoms with Crippen molar-refractivity contribution in [1.29, 1.82) is 0 Å². The normalized spacial score (nSPS) is 16.0. The molecule has 0 aliphatic carbocycles. The minimum atomic E-state index is -0.0952. The number of thioether (sulfide) groups is 1. The van der Waals surface area contributed by atoms with E-state index in [1.165, 1.54) is 0 Å². The molecule has 44 heavy (non-hydrogen) atoms. The number of hydrogen-bond acceptors (Lipinski definition) is 8. The Balaban J connectivity index is 1.12. The Bertz CT molecular complexity index is 1750. The summed E-state index contributed by atoms with van der Waals surface area (Å²) in [6.45, 7) is 3.21. The average Bonchev–Trinajstić information content (AvgIpc) is 3.67.